The molecule has 1 aromatic carbocycles. The van der Waals surface area contributed by atoms with Crippen LogP contribution in [-0.4, -0.2) is 36.5 Å². The third-order valence-corrected chi connectivity index (χ3v) is 8.91. The summed E-state index contributed by atoms with van der Waals surface area (Å²) in [7, 11) is 1.68. The van der Waals surface area contributed by atoms with Crippen molar-refractivity contribution >= 4 is 12.1 Å². The summed E-state index contributed by atoms with van der Waals surface area (Å²) >= 11 is 0. The van der Waals surface area contributed by atoms with Crippen molar-refractivity contribution < 1.29 is 19.4 Å². The fourth-order valence-electron chi connectivity index (χ4n) is 7.34. The second kappa shape index (κ2) is 7.53. The van der Waals surface area contributed by atoms with Gasteiger partial charge in [-0.15, -0.1) is 0 Å². The molecule has 2 saturated carbocycles. The average Bonchev–Trinajstić information content (AvgIpc) is 3.03. The smallest absolute Gasteiger partial charge is 0.156 e. The average molecular weight is 421 g/mol. The van der Waals surface area contributed by atoms with Gasteiger partial charge in [-0.2, -0.15) is 0 Å². The molecule has 164 valence electrons. The lowest BCUT2D eigenvalue weighted by Crippen LogP contribution is -2.53. The van der Waals surface area contributed by atoms with Gasteiger partial charge in [0, 0.05) is 30.4 Å². The van der Waals surface area contributed by atoms with Crippen molar-refractivity contribution in [3.8, 4) is 0 Å². The Labute approximate surface area is 184 Å². The predicted molar refractivity (Wildman–Crippen MR) is 119 cm³/mol. The van der Waals surface area contributed by atoms with Gasteiger partial charge in [-0.1, -0.05) is 36.8 Å². The third-order valence-electron chi connectivity index (χ3n) is 8.91. The molecule has 5 rings (SSSR count). The van der Waals surface area contributed by atoms with Gasteiger partial charge in [0.25, 0.3) is 0 Å². The molecule has 1 aromatic rings. The van der Waals surface area contributed by atoms with Crippen molar-refractivity contribution in [1.82, 2.24) is 0 Å². The molecule has 0 spiro atoms. The van der Waals surface area contributed by atoms with Crippen LogP contribution in [0.4, 0.5) is 0 Å². The maximum atomic E-state index is 12.1. The maximum absolute atomic E-state index is 12.1. The van der Waals surface area contributed by atoms with Gasteiger partial charge in [-0.25, -0.2) is 0 Å². The highest BCUT2D eigenvalue weighted by Crippen LogP contribution is 2.66. The van der Waals surface area contributed by atoms with Crippen LogP contribution in [0.1, 0.15) is 73.7 Å². The fraction of sp³-hybridized carbons (Fsp3) is 0.556. The number of ether oxygens (including phenoxy) is 1. The molecule has 0 aliphatic heterocycles. The Morgan fingerprint density at radius 2 is 1.94 bits per heavy atom. The second-order valence-corrected chi connectivity index (χ2v) is 10.3. The monoisotopic (exact) mass is 420 g/mol. The summed E-state index contributed by atoms with van der Waals surface area (Å²) in [5, 5.41) is 11.7. The first-order chi connectivity index (χ1) is 14.9. The van der Waals surface area contributed by atoms with E-state index in [4.69, 9.17) is 4.74 Å². The van der Waals surface area contributed by atoms with E-state index in [1.807, 2.05) is 18.2 Å². The van der Waals surface area contributed by atoms with E-state index in [0.717, 1.165) is 44.8 Å². The molecule has 5 atom stereocenters. The molecule has 0 heterocycles. The zero-order valence-corrected chi connectivity index (χ0v) is 18.5. The van der Waals surface area contributed by atoms with Crippen molar-refractivity contribution in [1.29, 1.82) is 0 Å². The van der Waals surface area contributed by atoms with E-state index in [-0.39, 0.29) is 17.1 Å². The standard InChI is InChI=1S/C27H32O4/c1-26-14-23(18-5-3-17(15-28)4-6-18)25-21-10-8-20(29)13-19(21)7-9-22(25)24(26)11-12-27(26,30)16-31-2/h3-6,13,15,22-24,30H,7-12,14,16H2,1-2H3/t22-,23+,24-,26-,27+/m0/s1. The first-order valence-electron chi connectivity index (χ1n) is 11.6. The van der Waals surface area contributed by atoms with E-state index in [2.05, 4.69) is 19.1 Å². The van der Waals surface area contributed by atoms with Crippen LogP contribution in [0.2, 0.25) is 0 Å². The number of carbonyl (C=O) groups excluding carboxylic acids is 2. The maximum Gasteiger partial charge on any atom is 0.156 e. The first kappa shape index (κ1) is 20.8. The largest absolute Gasteiger partial charge is 0.387 e. The molecule has 0 saturated heterocycles. The molecule has 1 N–H and O–H groups in total. The number of aliphatic hydroxyl groups is 1. The van der Waals surface area contributed by atoms with Crippen LogP contribution in [-0.2, 0) is 9.53 Å². The van der Waals surface area contributed by atoms with Crippen molar-refractivity contribution in [3.05, 3.63) is 58.2 Å². The van der Waals surface area contributed by atoms with E-state index >= 15 is 0 Å². The molecule has 31 heavy (non-hydrogen) atoms. The number of hydrogen-bond donors (Lipinski definition) is 1. The van der Waals surface area contributed by atoms with Gasteiger partial charge in [0.05, 0.1) is 12.2 Å². The fourth-order valence-corrected chi connectivity index (χ4v) is 7.34. The van der Waals surface area contributed by atoms with Crippen LogP contribution in [0.5, 0.6) is 0 Å². The van der Waals surface area contributed by atoms with Gasteiger partial charge in [0.15, 0.2) is 5.78 Å². The van der Waals surface area contributed by atoms with E-state index in [1.54, 1.807) is 7.11 Å². The first-order valence-corrected chi connectivity index (χ1v) is 11.6. The topological polar surface area (TPSA) is 63.6 Å². The van der Waals surface area contributed by atoms with Gasteiger partial charge in [-0.3, -0.25) is 9.59 Å². The quantitative estimate of drug-likeness (QED) is 0.713. The third kappa shape index (κ3) is 3.10. The molecule has 2 fully saturated rings. The molecule has 4 aliphatic carbocycles. The summed E-state index contributed by atoms with van der Waals surface area (Å²) in [6, 6.07) is 7.96. The van der Waals surface area contributed by atoms with Gasteiger partial charge in [-0.05, 0) is 73.1 Å². The predicted octanol–water partition coefficient (Wildman–Crippen LogP) is 4.78. The summed E-state index contributed by atoms with van der Waals surface area (Å²) in [5.41, 5.74) is 5.01. The van der Waals surface area contributed by atoms with Crippen LogP contribution in [0.3, 0.4) is 0 Å². The van der Waals surface area contributed by atoms with Crippen molar-refractivity contribution in [2.24, 2.45) is 17.3 Å². The SMILES string of the molecule is COC[C@]1(O)CC[C@H]2[C@@H]3CCC4=CC(=O)CCC4=C3[C@@H](c3ccc(C=O)cc3)C[C@@]21C. The number of carbonyl (C=O) groups is 2. The highest BCUT2D eigenvalue weighted by atomic mass is 16.5. The molecule has 4 aliphatic rings. The van der Waals surface area contributed by atoms with Crippen LogP contribution in [0.25, 0.3) is 0 Å². The Balaban J connectivity index is 1.66. The van der Waals surface area contributed by atoms with Crippen LogP contribution in [0.15, 0.2) is 47.1 Å². The minimum absolute atomic E-state index is 0.195. The van der Waals surface area contributed by atoms with Gasteiger partial charge < -0.3 is 9.84 Å². The Morgan fingerprint density at radius 3 is 2.65 bits per heavy atom. The normalized spacial score (nSPS) is 37.1. The Hall–Kier alpha value is -2.04. The molecule has 0 amide bonds. The highest BCUT2D eigenvalue weighted by molar-refractivity contribution is 5.93. The lowest BCUT2D eigenvalue weighted by atomic mass is 9.51. The summed E-state index contributed by atoms with van der Waals surface area (Å²) in [6.07, 6.45) is 8.88. The number of benzene rings is 1. The minimum Gasteiger partial charge on any atom is -0.387 e. The summed E-state index contributed by atoms with van der Waals surface area (Å²) in [4.78, 5) is 23.3. The number of allylic oxidation sites excluding steroid dienone is 4. The van der Waals surface area contributed by atoms with Gasteiger partial charge in [0.2, 0.25) is 0 Å². The Kier molecular flexibility index (Phi) is 5.06. The van der Waals surface area contributed by atoms with E-state index in [1.165, 1.54) is 22.3 Å². The molecule has 0 unspecified atom stereocenters. The molecular weight excluding hydrogens is 388 g/mol. The van der Waals surface area contributed by atoms with Crippen LogP contribution in [0, 0.1) is 17.3 Å². The number of fused-ring (bicyclic) bond motifs is 4. The lowest BCUT2D eigenvalue weighted by Gasteiger charge is -2.54. The van der Waals surface area contributed by atoms with Gasteiger partial charge in [0.1, 0.15) is 6.29 Å². The second-order valence-electron chi connectivity index (χ2n) is 10.3. The lowest BCUT2D eigenvalue weighted by molar-refractivity contribution is -0.128. The van der Waals surface area contributed by atoms with E-state index in [0.29, 0.717) is 30.4 Å². The van der Waals surface area contributed by atoms with Crippen molar-refractivity contribution in [2.45, 2.75) is 63.4 Å². The highest BCUT2D eigenvalue weighted by Gasteiger charge is 2.62. The Bertz CT molecular complexity index is 971. The minimum atomic E-state index is -0.817. The number of methoxy groups -OCH3 is 1. The van der Waals surface area contributed by atoms with Crippen LogP contribution < -0.4 is 0 Å². The van der Waals surface area contributed by atoms with Crippen molar-refractivity contribution in [2.75, 3.05) is 13.7 Å². The number of rotatable bonds is 4. The number of hydrogen-bond acceptors (Lipinski definition) is 4. The van der Waals surface area contributed by atoms with Crippen molar-refractivity contribution in [3.63, 3.8) is 0 Å². The molecule has 0 aromatic heterocycles. The Morgan fingerprint density at radius 1 is 1.16 bits per heavy atom. The zero-order valence-electron chi connectivity index (χ0n) is 18.5. The molecule has 4 heteroatoms. The summed E-state index contributed by atoms with van der Waals surface area (Å²) < 4.78 is 5.50. The van der Waals surface area contributed by atoms with E-state index in [9.17, 15) is 14.7 Å². The summed E-state index contributed by atoms with van der Waals surface area (Å²) in [5.74, 6) is 1.31. The zero-order chi connectivity index (χ0) is 21.8. The molecular formula is C27H32O4. The number of aldehydes is 1. The van der Waals surface area contributed by atoms with Gasteiger partial charge >= 0.3 is 0 Å². The molecule has 0 radical (unpaired) electrons. The molecule has 4 nitrogen and oxygen atoms in total. The van der Waals surface area contributed by atoms with Crippen LogP contribution >= 0.6 is 0 Å². The molecule has 0 bridgehead atoms. The van der Waals surface area contributed by atoms with E-state index < -0.39 is 5.60 Å². The summed E-state index contributed by atoms with van der Waals surface area (Å²) in [6.45, 7) is 2.64. The number of ketones is 1.